The summed E-state index contributed by atoms with van der Waals surface area (Å²) in [6.07, 6.45) is 4.67. The summed E-state index contributed by atoms with van der Waals surface area (Å²) in [4.78, 5) is 18.8. The first kappa shape index (κ1) is 17.8. The summed E-state index contributed by atoms with van der Waals surface area (Å²) in [7, 11) is 3.57. The number of nitrogens with one attached hydrogen (secondary N) is 2. The van der Waals surface area contributed by atoms with Crippen LogP contribution in [0.1, 0.15) is 18.4 Å². The van der Waals surface area contributed by atoms with E-state index in [2.05, 4.69) is 22.4 Å². The molecule has 1 atom stereocenters. The van der Waals surface area contributed by atoms with Crippen LogP contribution in [0.25, 0.3) is 10.9 Å². The fourth-order valence-corrected chi connectivity index (χ4v) is 3.60. The third kappa shape index (κ3) is 4.14. The normalized spacial score (nSPS) is 17.0. The minimum atomic E-state index is 0.0281. The summed E-state index contributed by atoms with van der Waals surface area (Å²) >= 11 is 0. The molecule has 1 saturated heterocycles. The number of carbonyl (C=O) groups is 1. The summed E-state index contributed by atoms with van der Waals surface area (Å²) in [5, 5.41) is 14.6. The number of aromatic nitrogens is 1. The highest BCUT2D eigenvalue weighted by Crippen LogP contribution is 2.20. The Morgan fingerprint density at radius 1 is 1.36 bits per heavy atom. The predicted molar refractivity (Wildman–Crippen MR) is 99.7 cm³/mol. The zero-order chi connectivity index (χ0) is 17.8. The van der Waals surface area contributed by atoms with E-state index in [0.717, 1.165) is 37.9 Å². The van der Waals surface area contributed by atoms with Crippen LogP contribution in [0.3, 0.4) is 0 Å². The third-order valence-electron chi connectivity index (χ3n) is 4.98. The number of para-hydroxylation sites is 1. The number of aromatic amines is 1. The molecule has 1 aromatic heterocycles. The van der Waals surface area contributed by atoms with Crippen LogP contribution in [0.2, 0.25) is 0 Å². The van der Waals surface area contributed by atoms with Crippen molar-refractivity contribution in [1.82, 2.24) is 20.1 Å². The van der Waals surface area contributed by atoms with Crippen LogP contribution in [0.4, 0.5) is 4.79 Å². The molecular formula is C19H28N4O2. The first-order valence-corrected chi connectivity index (χ1v) is 8.96. The Morgan fingerprint density at radius 2 is 2.08 bits per heavy atom. The number of hydrogen-bond donors (Lipinski definition) is 3. The number of rotatable bonds is 5. The van der Waals surface area contributed by atoms with E-state index in [9.17, 15) is 9.90 Å². The first-order chi connectivity index (χ1) is 12.1. The van der Waals surface area contributed by atoms with Gasteiger partial charge in [0.15, 0.2) is 0 Å². The number of aliphatic hydroxyl groups is 1. The van der Waals surface area contributed by atoms with E-state index in [1.807, 2.05) is 23.2 Å². The van der Waals surface area contributed by atoms with Crippen LogP contribution in [0, 0.1) is 0 Å². The average molecular weight is 344 g/mol. The molecule has 136 valence electrons. The number of carbonyl (C=O) groups excluding carboxylic acids is 1. The zero-order valence-electron chi connectivity index (χ0n) is 15.0. The molecule has 0 aliphatic carbocycles. The van der Waals surface area contributed by atoms with Gasteiger partial charge in [0.1, 0.15) is 0 Å². The van der Waals surface area contributed by atoms with Gasteiger partial charge in [0.2, 0.25) is 0 Å². The summed E-state index contributed by atoms with van der Waals surface area (Å²) in [5.41, 5.74) is 2.35. The molecule has 3 N–H and O–H groups in total. The van der Waals surface area contributed by atoms with E-state index in [-0.39, 0.29) is 18.7 Å². The number of piperidine rings is 1. The monoisotopic (exact) mass is 344 g/mol. The standard InChI is InChI=1S/C19H28N4O2/c1-22(2)19(25)23-9-7-15(8-10-23)21-16(13-24)11-14-12-20-18-6-4-3-5-17(14)18/h3-6,12,15-16,20-21,24H,7-11,13H2,1-2H3/t16-/m0/s1. The fourth-order valence-electron chi connectivity index (χ4n) is 3.60. The lowest BCUT2D eigenvalue weighted by Crippen LogP contribution is -2.51. The van der Waals surface area contributed by atoms with Crippen molar-refractivity contribution in [3.63, 3.8) is 0 Å². The largest absolute Gasteiger partial charge is 0.395 e. The van der Waals surface area contributed by atoms with Gasteiger partial charge in [0, 0.05) is 56.4 Å². The van der Waals surface area contributed by atoms with Gasteiger partial charge in [-0.15, -0.1) is 0 Å². The molecule has 6 heteroatoms. The van der Waals surface area contributed by atoms with Gasteiger partial charge in [-0.05, 0) is 30.9 Å². The average Bonchev–Trinajstić information content (AvgIpc) is 3.04. The van der Waals surface area contributed by atoms with E-state index < -0.39 is 0 Å². The van der Waals surface area contributed by atoms with Gasteiger partial charge >= 0.3 is 6.03 Å². The van der Waals surface area contributed by atoms with Gasteiger partial charge in [-0.25, -0.2) is 4.79 Å². The van der Waals surface area contributed by atoms with Crippen LogP contribution < -0.4 is 5.32 Å². The molecule has 1 aliphatic heterocycles. The SMILES string of the molecule is CN(C)C(=O)N1CCC(N[C@H](CO)Cc2c[nH]c3ccccc23)CC1. The molecule has 0 spiro atoms. The molecule has 0 bridgehead atoms. The minimum Gasteiger partial charge on any atom is -0.395 e. The molecule has 6 nitrogen and oxygen atoms in total. The van der Waals surface area contributed by atoms with Gasteiger partial charge in [0.25, 0.3) is 0 Å². The lowest BCUT2D eigenvalue weighted by atomic mass is 10.0. The molecule has 2 amide bonds. The molecule has 1 aromatic carbocycles. The number of urea groups is 1. The number of H-pyrrole nitrogens is 1. The number of nitrogens with zero attached hydrogens (tertiary/aromatic N) is 2. The number of hydrogen-bond acceptors (Lipinski definition) is 3. The van der Waals surface area contributed by atoms with Gasteiger partial charge < -0.3 is 25.2 Å². The van der Waals surface area contributed by atoms with Crippen molar-refractivity contribution in [2.45, 2.75) is 31.3 Å². The van der Waals surface area contributed by atoms with Gasteiger partial charge in [-0.1, -0.05) is 18.2 Å². The second-order valence-electron chi connectivity index (χ2n) is 7.05. The Balaban J connectivity index is 1.56. The predicted octanol–water partition coefficient (Wildman–Crippen LogP) is 1.81. The molecule has 0 radical (unpaired) electrons. The molecule has 1 fully saturated rings. The molecule has 0 saturated carbocycles. The van der Waals surface area contributed by atoms with Crippen molar-refractivity contribution >= 4 is 16.9 Å². The van der Waals surface area contributed by atoms with Crippen molar-refractivity contribution in [3.05, 3.63) is 36.0 Å². The summed E-state index contributed by atoms with van der Waals surface area (Å²) in [6.45, 7) is 1.64. The van der Waals surface area contributed by atoms with E-state index in [1.54, 1.807) is 19.0 Å². The Kier molecular flexibility index (Phi) is 5.60. The molecule has 25 heavy (non-hydrogen) atoms. The van der Waals surface area contributed by atoms with Gasteiger partial charge in [-0.3, -0.25) is 0 Å². The number of amides is 2. The summed E-state index contributed by atoms with van der Waals surface area (Å²) in [6, 6.07) is 8.69. The van der Waals surface area contributed by atoms with Crippen LogP contribution in [-0.4, -0.2) is 71.8 Å². The van der Waals surface area contributed by atoms with Crippen LogP contribution >= 0.6 is 0 Å². The Morgan fingerprint density at radius 3 is 2.76 bits per heavy atom. The highest BCUT2D eigenvalue weighted by molar-refractivity contribution is 5.83. The Bertz CT molecular complexity index is 704. The molecule has 2 heterocycles. The van der Waals surface area contributed by atoms with E-state index >= 15 is 0 Å². The van der Waals surface area contributed by atoms with Gasteiger partial charge in [0.05, 0.1) is 6.61 Å². The van der Waals surface area contributed by atoms with Gasteiger partial charge in [-0.2, -0.15) is 0 Å². The first-order valence-electron chi connectivity index (χ1n) is 8.96. The fraction of sp³-hybridized carbons (Fsp3) is 0.526. The molecular weight excluding hydrogens is 316 g/mol. The molecule has 1 aliphatic rings. The second-order valence-corrected chi connectivity index (χ2v) is 7.05. The Hall–Kier alpha value is -2.05. The third-order valence-corrected chi connectivity index (χ3v) is 4.98. The van der Waals surface area contributed by atoms with Crippen LogP contribution in [-0.2, 0) is 6.42 Å². The van der Waals surface area contributed by atoms with E-state index in [0.29, 0.717) is 6.04 Å². The maximum Gasteiger partial charge on any atom is 0.319 e. The number of likely N-dealkylation sites (tertiary alicyclic amines) is 1. The van der Waals surface area contributed by atoms with Crippen LogP contribution in [0.5, 0.6) is 0 Å². The molecule has 2 aromatic rings. The summed E-state index contributed by atoms with van der Waals surface area (Å²) < 4.78 is 0. The van der Waals surface area contributed by atoms with Crippen molar-refractivity contribution in [2.75, 3.05) is 33.8 Å². The van der Waals surface area contributed by atoms with E-state index in [1.165, 1.54) is 10.9 Å². The zero-order valence-corrected chi connectivity index (χ0v) is 15.0. The molecule has 0 unspecified atom stereocenters. The van der Waals surface area contributed by atoms with Crippen molar-refractivity contribution in [2.24, 2.45) is 0 Å². The highest BCUT2D eigenvalue weighted by Gasteiger charge is 2.25. The van der Waals surface area contributed by atoms with Crippen molar-refractivity contribution in [1.29, 1.82) is 0 Å². The summed E-state index contributed by atoms with van der Waals surface area (Å²) in [5.74, 6) is 0. The Labute approximate surface area is 148 Å². The minimum absolute atomic E-state index is 0.0281. The quantitative estimate of drug-likeness (QED) is 0.775. The van der Waals surface area contributed by atoms with E-state index in [4.69, 9.17) is 0 Å². The topological polar surface area (TPSA) is 71.6 Å². The molecule has 3 rings (SSSR count). The lowest BCUT2D eigenvalue weighted by Gasteiger charge is -2.35. The van der Waals surface area contributed by atoms with Crippen molar-refractivity contribution < 1.29 is 9.90 Å². The number of aliphatic hydroxyl groups excluding tert-OH is 1. The van der Waals surface area contributed by atoms with Crippen LogP contribution in [0.15, 0.2) is 30.5 Å². The number of fused-ring (bicyclic) bond motifs is 1. The number of benzene rings is 1. The maximum absolute atomic E-state index is 12.0. The smallest absolute Gasteiger partial charge is 0.319 e. The maximum atomic E-state index is 12.0. The second kappa shape index (κ2) is 7.89. The highest BCUT2D eigenvalue weighted by atomic mass is 16.3. The van der Waals surface area contributed by atoms with Crippen molar-refractivity contribution in [3.8, 4) is 0 Å². The lowest BCUT2D eigenvalue weighted by molar-refractivity contribution is 0.146.